The molecule has 3 rings (SSSR count). The summed E-state index contributed by atoms with van der Waals surface area (Å²) in [4.78, 5) is 12.6. The quantitative estimate of drug-likeness (QED) is 0.773. The first kappa shape index (κ1) is 16.7. The maximum atomic E-state index is 12.6. The molecule has 0 saturated heterocycles. The zero-order valence-electron chi connectivity index (χ0n) is 14.6. The van der Waals surface area contributed by atoms with E-state index in [1.54, 1.807) is 12.1 Å². The second-order valence-electron chi connectivity index (χ2n) is 5.57. The molecular weight excluding hydrogens is 320 g/mol. The Morgan fingerprint density at radius 3 is 2.24 bits per heavy atom. The molecular formula is C19H20N2O4. The average Bonchev–Trinajstić information content (AvgIpc) is 3.00. The molecule has 0 atom stereocenters. The third kappa shape index (κ3) is 3.10. The summed E-state index contributed by atoms with van der Waals surface area (Å²) in [7, 11) is 6.54. The van der Waals surface area contributed by atoms with Crippen LogP contribution in [0, 0.1) is 0 Å². The summed E-state index contributed by atoms with van der Waals surface area (Å²) >= 11 is 0. The molecule has 6 heteroatoms. The van der Waals surface area contributed by atoms with E-state index in [1.807, 2.05) is 42.1 Å². The number of carbonyl (C=O) groups is 1. The SMILES string of the molecule is COc1cc(C(=O)Nc2ccc3c(ccn3C)c2)cc(OC)c1OC. The Hall–Kier alpha value is -3.15. The summed E-state index contributed by atoms with van der Waals surface area (Å²) in [6.45, 7) is 0. The summed E-state index contributed by atoms with van der Waals surface area (Å²) in [5.41, 5.74) is 2.24. The van der Waals surface area contributed by atoms with Crippen LogP contribution in [-0.4, -0.2) is 31.8 Å². The van der Waals surface area contributed by atoms with Crippen molar-refractivity contribution in [3.63, 3.8) is 0 Å². The van der Waals surface area contributed by atoms with Crippen LogP contribution in [-0.2, 0) is 7.05 Å². The number of aryl methyl sites for hydroxylation is 1. The monoisotopic (exact) mass is 340 g/mol. The zero-order chi connectivity index (χ0) is 18.0. The van der Waals surface area contributed by atoms with Crippen LogP contribution < -0.4 is 19.5 Å². The van der Waals surface area contributed by atoms with E-state index in [0.29, 0.717) is 22.8 Å². The number of amides is 1. The highest BCUT2D eigenvalue weighted by molar-refractivity contribution is 6.06. The molecule has 2 aromatic carbocycles. The second kappa shape index (κ2) is 6.76. The predicted octanol–water partition coefficient (Wildman–Crippen LogP) is 3.46. The first-order valence-electron chi connectivity index (χ1n) is 7.74. The third-order valence-electron chi connectivity index (χ3n) is 4.07. The third-order valence-corrected chi connectivity index (χ3v) is 4.07. The van der Waals surface area contributed by atoms with Gasteiger partial charge in [0.25, 0.3) is 5.91 Å². The van der Waals surface area contributed by atoms with Crippen molar-refractivity contribution in [3.05, 3.63) is 48.2 Å². The van der Waals surface area contributed by atoms with E-state index < -0.39 is 0 Å². The number of carbonyl (C=O) groups excluding carboxylic acids is 1. The van der Waals surface area contributed by atoms with Crippen molar-refractivity contribution in [1.29, 1.82) is 0 Å². The van der Waals surface area contributed by atoms with Gasteiger partial charge >= 0.3 is 0 Å². The van der Waals surface area contributed by atoms with Crippen LogP contribution in [0.3, 0.4) is 0 Å². The van der Waals surface area contributed by atoms with E-state index in [4.69, 9.17) is 14.2 Å². The minimum atomic E-state index is -0.255. The fraction of sp³-hybridized carbons (Fsp3) is 0.211. The lowest BCUT2D eigenvalue weighted by molar-refractivity contribution is 0.102. The van der Waals surface area contributed by atoms with Crippen LogP contribution in [0.25, 0.3) is 10.9 Å². The molecule has 25 heavy (non-hydrogen) atoms. The largest absolute Gasteiger partial charge is 0.493 e. The Kier molecular flexibility index (Phi) is 4.52. The number of aromatic nitrogens is 1. The topological polar surface area (TPSA) is 61.7 Å². The highest BCUT2D eigenvalue weighted by Crippen LogP contribution is 2.38. The predicted molar refractivity (Wildman–Crippen MR) is 97.0 cm³/mol. The van der Waals surface area contributed by atoms with Crippen LogP contribution in [0.4, 0.5) is 5.69 Å². The number of hydrogen-bond donors (Lipinski definition) is 1. The number of methoxy groups -OCH3 is 3. The van der Waals surface area contributed by atoms with E-state index in [1.165, 1.54) is 21.3 Å². The number of rotatable bonds is 5. The van der Waals surface area contributed by atoms with Gasteiger partial charge < -0.3 is 24.1 Å². The Morgan fingerprint density at radius 1 is 0.960 bits per heavy atom. The molecule has 0 aliphatic heterocycles. The Bertz CT molecular complexity index is 905. The Morgan fingerprint density at radius 2 is 1.64 bits per heavy atom. The van der Waals surface area contributed by atoms with Gasteiger partial charge in [-0.15, -0.1) is 0 Å². The number of benzene rings is 2. The smallest absolute Gasteiger partial charge is 0.255 e. The molecule has 0 bridgehead atoms. The van der Waals surface area contributed by atoms with Gasteiger partial charge in [0.15, 0.2) is 11.5 Å². The van der Waals surface area contributed by atoms with Gasteiger partial charge in [0.05, 0.1) is 21.3 Å². The lowest BCUT2D eigenvalue weighted by atomic mass is 10.1. The molecule has 6 nitrogen and oxygen atoms in total. The highest BCUT2D eigenvalue weighted by Gasteiger charge is 2.17. The first-order valence-corrected chi connectivity index (χ1v) is 7.74. The van der Waals surface area contributed by atoms with Gasteiger partial charge in [0.1, 0.15) is 0 Å². The molecule has 1 heterocycles. The molecule has 1 aromatic heterocycles. The Balaban J connectivity index is 1.91. The maximum absolute atomic E-state index is 12.6. The number of hydrogen-bond acceptors (Lipinski definition) is 4. The van der Waals surface area contributed by atoms with Crippen LogP contribution in [0.15, 0.2) is 42.6 Å². The van der Waals surface area contributed by atoms with Crippen molar-refractivity contribution in [2.75, 3.05) is 26.6 Å². The highest BCUT2D eigenvalue weighted by atomic mass is 16.5. The van der Waals surface area contributed by atoms with E-state index in [-0.39, 0.29) is 5.91 Å². The fourth-order valence-corrected chi connectivity index (χ4v) is 2.77. The van der Waals surface area contributed by atoms with Gasteiger partial charge in [-0.3, -0.25) is 4.79 Å². The summed E-state index contributed by atoms with van der Waals surface area (Å²) in [5.74, 6) is 1.07. The lowest BCUT2D eigenvalue weighted by Crippen LogP contribution is -2.12. The Labute approximate surface area is 145 Å². The van der Waals surface area contributed by atoms with Crippen LogP contribution in [0.2, 0.25) is 0 Å². The molecule has 0 saturated carbocycles. The van der Waals surface area contributed by atoms with Crippen molar-refractivity contribution in [3.8, 4) is 17.2 Å². The fourth-order valence-electron chi connectivity index (χ4n) is 2.77. The van der Waals surface area contributed by atoms with Crippen LogP contribution in [0.5, 0.6) is 17.2 Å². The number of anilines is 1. The summed E-state index contributed by atoms with van der Waals surface area (Å²) in [5, 5.41) is 3.96. The molecule has 0 aliphatic rings. The van der Waals surface area contributed by atoms with Gasteiger partial charge in [-0.05, 0) is 36.4 Å². The molecule has 0 aliphatic carbocycles. The minimum absolute atomic E-state index is 0.255. The molecule has 0 fully saturated rings. The molecule has 0 radical (unpaired) electrons. The lowest BCUT2D eigenvalue weighted by Gasteiger charge is -2.14. The van der Waals surface area contributed by atoms with Crippen molar-refractivity contribution in [2.45, 2.75) is 0 Å². The van der Waals surface area contributed by atoms with Crippen molar-refractivity contribution < 1.29 is 19.0 Å². The van der Waals surface area contributed by atoms with Crippen molar-refractivity contribution >= 4 is 22.5 Å². The summed E-state index contributed by atoms with van der Waals surface area (Å²) in [6.07, 6.45) is 1.98. The normalized spacial score (nSPS) is 10.6. The van der Waals surface area contributed by atoms with E-state index in [0.717, 1.165) is 16.6 Å². The number of ether oxygens (including phenoxy) is 3. The van der Waals surface area contributed by atoms with Gasteiger partial charge in [-0.25, -0.2) is 0 Å². The van der Waals surface area contributed by atoms with Crippen LogP contribution >= 0.6 is 0 Å². The maximum Gasteiger partial charge on any atom is 0.255 e. The molecule has 3 aromatic rings. The second-order valence-corrected chi connectivity index (χ2v) is 5.57. The number of nitrogens with one attached hydrogen (secondary N) is 1. The minimum Gasteiger partial charge on any atom is -0.493 e. The van der Waals surface area contributed by atoms with E-state index in [2.05, 4.69) is 5.32 Å². The van der Waals surface area contributed by atoms with Crippen molar-refractivity contribution in [2.24, 2.45) is 7.05 Å². The van der Waals surface area contributed by atoms with Crippen LogP contribution in [0.1, 0.15) is 10.4 Å². The molecule has 0 spiro atoms. The van der Waals surface area contributed by atoms with Gasteiger partial charge in [0, 0.05) is 35.4 Å². The van der Waals surface area contributed by atoms with E-state index in [9.17, 15) is 4.79 Å². The average molecular weight is 340 g/mol. The summed E-state index contributed by atoms with van der Waals surface area (Å²) < 4.78 is 17.9. The molecule has 1 N–H and O–H groups in total. The van der Waals surface area contributed by atoms with Crippen molar-refractivity contribution in [1.82, 2.24) is 4.57 Å². The van der Waals surface area contributed by atoms with Gasteiger partial charge in [0.2, 0.25) is 5.75 Å². The number of fused-ring (bicyclic) bond motifs is 1. The number of nitrogens with zero attached hydrogens (tertiary/aromatic N) is 1. The van der Waals surface area contributed by atoms with Gasteiger partial charge in [-0.1, -0.05) is 0 Å². The summed E-state index contributed by atoms with van der Waals surface area (Å²) in [6, 6.07) is 11.0. The standard InChI is InChI=1S/C19H20N2O4/c1-21-8-7-12-9-14(5-6-15(12)21)20-19(22)13-10-16(23-2)18(25-4)17(11-13)24-3/h5-11H,1-4H3,(H,20,22). The zero-order valence-corrected chi connectivity index (χ0v) is 14.6. The van der Waals surface area contributed by atoms with Gasteiger partial charge in [-0.2, -0.15) is 0 Å². The molecule has 130 valence electrons. The first-order chi connectivity index (χ1) is 12.1. The molecule has 1 amide bonds. The van der Waals surface area contributed by atoms with E-state index >= 15 is 0 Å². The molecule has 0 unspecified atom stereocenters.